The molecule has 6 nitrogen and oxygen atoms in total. The van der Waals surface area contributed by atoms with Crippen molar-refractivity contribution in [1.29, 1.82) is 0 Å². The zero-order valence-electron chi connectivity index (χ0n) is 14.0. The lowest BCUT2D eigenvalue weighted by Crippen LogP contribution is -2.27. The maximum absolute atomic E-state index is 11.3. The number of benzene rings is 2. The lowest BCUT2D eigenvalue weighted by molar-refractivity contribution is -0.136. The third kappa shape index (κ3) is 3.13. The molecule has 0 saturated heterocycles. The molecule has 0 saturated carbocycles. The van der Waals surface area contributed by atoms with Crippen molar-refractivity contribution in [2.45, 2.75) is 23.8 Å². The van der Waals surface area contributed by atoms with E-state index in [9.17, 15) is 9.90 Å². The van der Waals surface area contributed by atoms with E-state index < -0.39 is 5.97 Å². The van der Waals surface area contributed by atoms with Crippen molar-refractivity contribution in [2.24, 2.45) is 5.10 Å². The van der Waals surface area contributed by atoms with E-state index in [2.05, 4.69) is 10.2 Å². The second-order valence-electron chi connectivity index (χ2n) is 6.04. The highest BCUT2D eigenvalue weighted by atomic mass is 32.2. The van der Waals surface area contributed by atoms with Gasteiger partial charge in [-0.05, 0) is 12.5 Å². The molecule has 130 valence electrons. The first-order chi connectivity index (χ1) is 12.6. The molecule has 0 fully saturated rings. The SMILES string of the molecule is Cc1ccc(-c2nnc3n2N=C(c2ccccc2)[C@@H](CC(=O)O)S3)cc1. The number of fused-ring (bicyclic) bond motifs is 1. The Kier molecular flexibility index (Phi) is 4.30. The Morgan fingerprint density at radius 3 is 2.50 bits per heavy atom. The van der Waals surface area contributed by atoms with Crippen LogP contribution in [0.25, 0.3) is 11.4 Å². The summed E-state index contributed by atoms with van der Waals surface area (Å²) in [6, 6.07) is 17.6. The smallest absolute Gasteiger partial charge is 0.304 e. The maximum atomic E-state index is 11.3. The molecule has 0 spiro atoms. The number of hydrogen-bond donors (Lipinski definition) is 1. The first-order valence-electron chi connectivity index (χ1n) is 8.17. The minimum atomic E-state index is -0.863. The normalized spacial score (nSPS) is 16.0. The monoisotopic (exact) mass is 364 g/mol. The molecular formula is C19H16N4O2S. The number of carboxylic acid groups (broad SMARTS) is 1. The van der Waals surface area contributed by atoms with Gasteiger partial charge in [0, 0.05) is 5.56 Å². The summed E-state index contributed by atoms with van der Waals surface area (Å²) >= 11 is 1.38. The molecule has 1 N–H and O–H groups in total. The van der Waals surface area contributed by atoms with E-state index in [0.29, 0.717) is 11.0 Å². The van der Waals surface area contributed by atoms with E-state index in [1.807, 2.05) is 61.5 Å². The van der Waals surface area contributed by atoms with Crippen molar-refractivity contribution in [1.82, 2.24) is 14.9 Å². The minimum Gasteiger partial charge on any atom is -0.481 e. The van der Waals surface area contributed by atoms with Gasteiger partial charge in [-0.1, -0.05) is 71.9 Å². The van der Waals surface area contributed by atoms with Crippen molar-refractivity contribution in [3.8, 4) is 11.4 Å². The summed E-state index contributed by atoms with van der Waals surface area (Å²) in [7, 11) is 0. The highest BCUT2D eigenvalue weighted by Gasteiger charge is 2.30. The second kappa shape index (κ2) is 6.76. The fourth-order valence-electron chi connectivity index (χ4n) is 2.82. The Morgan fingerprint density at radius 2 is 1.81 bits per heavy atom. The van der Waals surface area contributed by atoms with Crippen LogP contribution in [-0.4, -0.2) is 36.9 Å². The molecule has 0 aliphatic carbocycles. The lowest BCUT2D eigenvalue weighted by atomic mass is 10.1. The number of thioether (sulfide) groups is 1. The number of aryl methyl sites for hydroxylation is 1. The summed E-state index contributed by atoms with van der Waals surface area (Å²) in [4.78, 5) is 11.3. The summed E-state index contributed by atoms with van der Waals surface area (Å²) in [5.41, 5.74) is 3.71. The van der Waals surface area contributed by atoms with E-state index in [1.54, 1.807) is 4.68 Å². The highest BCUT2D eigenvalue weighted by molar-refractivity contribution is 8.00. The Labute approximate surface area is 154 Å². The fourth-order valence-corrected chi connectivity index (χ4v) is 3.91. The van der Waals surface area contributed by atoms with E-state index >= 15 is 0 Å². The number of carbonyl (C=O) groups is 1. The number of aromatic nitrogens is 3. The molecule has 1 atom stereocenters. The first-order valence-corrected chi connectivity index (χ1v) is 9.05. The van der Waals surface area contributed by atoms with E-state index in [-0.39, 0.29) is 11.7 Å². The predicted octanol–water partition coefficient (Wildman–Crippen LogP) is 3.45. The Bertz CT molecular complexity index is 981. The van der Waals surface area contributed by atoms with Crippen molar-refractivity contribution in [2.75, 3.05) is 0 Å². The lowest BCUT2D eigenvalue weighted by Gasteiger charge is -2.22. The van der Waals surface area contributed by atoms with Crippen LogP contribution in [0.1, 0.15) is 17.5 Å². The fraction of sp³-hybridized carbons (Fsp3) is 0.158. The van der Waals surface area contributed by atoms with Gasteiger partial charge >= 0.3 is 5.97 Å². The third-order valence-corrected chi connectivity index (χ3v) is 5.25. The zero-order valence-corrected chi connectivity index (χ0v) is 14.8. The van der Waals surface area contributed by atoms with Crippen molar-refractivity contribution < 1.29 is 9.90 Å². The van der Waals surface area contributed by atoms with Crippen molar-refractivity contribution in [3.63, 3.8) is 0 Å². The molecule has 1 aromatic heterocycles. The molecule has 2 aromatic carbocycles. The van der Waals surface area contributed by atoms with Crippen molar-refractivity contribution in [3.05, 3.63) is 65.7 Å². The number of aliphatic carboxylic acids is 1. The summed E-state index contributed by atoms with van der Waals surface area (Å²) in [5, 5.41) is 22.8. The Hall–Kier alpha value is -2.93. The minimum absolute atomic E-state index is 0.0227. The van der Waals surface area contributed by atoms with Crippen LogP contribution in [0.4, 0.5) is 0 Å². The molecular weight excluding hydrogens is 348 g/mol. The molecule has 7 heteroatoms. The largest absolute Gasteiger partial charge is 0.481 e. The number of carboxylic acids is 1. The quantitative estimate of drug-likeness (QED) is 0.767. The zero-order chi connectivity index (χ0) is 18.1. The molecule has 4 rings (SSSR count). The molecule has 0 bridgehead atoms. The van der Waals surface area contributed by atoms with Crippen LogP contribution in [0, 0.1) is 6.92 Å². The Balaban J connectivity index is 1.82. The van der Waals surface area contributed by atoms with Crippen LogP contribution in [0.2, 0.25) is 0 Å². The standard InChI is InChI=1S/C19H16N4O2S/c1-12-7-9-14(10-8-12)18-20-21-19-23(18)22-17(13-5-3-2-4-6-13)15(26-19)11-16(24)25/h2-10,15H,11H2,1H3,(H,24,25)/t15-/m1/s1. The molecule has 0 radical (unpaired) electrons. The first kappa shape index (κ1) is 16.5. The van der Waals surface area contributed by atoms with Gasteiger partial charge < -0.3 is 5.11 Å². The van der Waals surface area contributed by atoms with Crippen LogP contribution < -0.4 is 0 Å². The van der Waals surface area contributed by atoms with Crippen LogP contribution in [0.5, 0.6) is 0 Å². The number of hydrogen-bond acceptors (Lipinski definition) is 5. The molecule has 0 unspecified atom stereocenters. The van der Waals surface area contributed by atoms with Gasteiger partial charge in [-0.15, -0.1) is 10.2 Å². The molecule has 3 aromatic rings. The van der Waals surface area contributed by atoms with Crippen LogP contribution in [0.15, 0.2) is 64.9 Å². The molecule has 26 heavy (non-hydrogen) atoms. The van der Waals surface area contributed by atoms with Crippen LogP contribution in [0.3, 0.4) is 0 Å². The van der Waals surface area contributed by atoms with Crippen LogP contribution >= 0.6 is 11.8 Å². The average Bonchev–Trinajstić information content (AvgIpc) is 3.05. The van der Waals surface area contributed by atoms with Gasteiger partial charge in [0.15, 0.2) is 5.82 Å². The van der Waals surface area contributed by atoms with Crippen molar-refractivity contribution >= 4 is 23.4 Å². The Morgan fingerprint density at radius 1 is 1.08 bits per heavy atom. The highest BCUT2D eigenvalue weighted by Crippen LogP contribution is 2.34. The summed E-state index contributed by atoms with van der Waals surface area (Å²) in [6.07, 6.45) is -0.0227. The number of rotatable bonds is 4. The molecule has 1 aliphatic heterocycles. The van der Waals surface area contributed by atoms with Gasteiger partial charge in [0.25, 0.3) is 0 Å². The van der Waals surface area contributed by atoms with Gasteiger partial charge in [0.05, 0.1) is 17.4 Å². The van der Waals surface area contributed by atoms with E-state index in [4.69, 9.17) is 5.10 Å². The van der Waals surface area contributed by atoms with Gasteiger partial charge in [-0.2, -0.15) is 9.78 Å². The van der Waals surface area contributed by atoms with Gasteiger partial charge in [0.1, 0.15) is 0 Å². The summed E-state index contributed by atoms with van der Waals surface area (Å²) < 4.78 is 1.70. The summed E-state index contributed by atoms with van der Waals surface area (Å²) in [5.74, 6) is -0.215. The van der Waals surface area contributed by atoms with Gasteiger partial charge in [-0.25, -0.2) is 0 Å². The van der Waals surface area contributed by atoms with Crippen LogP contribution in [-0.2, 0) is 4.79 Å². The van der Waals surface area contributed by atoms with E-state index in [1.165, 1.54) is 11.8 Å². The molecule has 1 aliphatic rings. The molecule has 2 heterocycles. The average molecular weight is 364 g/mol. The molecule has 0 amide bonds. The predicted molar refractivity (Wildman–Crippen MR) is 100 cm³/mol. The van der Waals surface area contributed by atoms with Gasteiger partial charge in [-0.3, -0.25) is 4.79 Å². The topological polar surface area (TPSA) is 80.4 Å². The second-order valence-corrected chi connectivity index (χ2v) is 7.21. The maximum Gasteiger partial charge on any atom is 0.304 e. The van der Waals surface area contributed by atoms with Gasteiger partial charge in [0.2, 0.25) is 5.16 Å². The van der Waals surface area contributed by atoms with E-state index in [0.717, 1.165) is 22.4 Å². The number of nitrogens with zero attached hydrogens (tertiary/aromatic N) is 4. The summed E-state index contributed by atoms with van der Waals surface area (Å²) in [6.45, 7) is 2.03. The third-order valence-electron chi connectivity index (χ3n) is 4.11.